The third-order valence-corrected chi connectivity index (χ3v) is 3.27. The maximum atomic E-state index is 11.9. The Bertz CT molecular complexity index is 740. The summed E-state index contributed by atoms with van der Waals surface area (Å²) in [6.45, 7) is 0.354. The maximum Gasteiger partial charge on any atom is 0.335 e. The van der Waals surface area contributed by atoms with Crippen LogP contribution in [0.1, 0.15) is 33.6 Å². The molecule has 1 amide bonds. The molecule has 0 atom stereocenters. The van der Waals surface area contributed by atoms with Crippen molar-refractivity contribution in [3.8, 4) is 5.75 Å². The lowest BCUT2D eigenvalue weighted by Crippen LogP contribution is -2.14. The van der Waals surface area contributed by atoms with Crippen LogP contribution in [0.4, 0.5) is 5.69 Å². The molecule has 0 saturated carbocycles. The highest BCUT2D eigenvalue weighted by Crippen LogP contribution is 2.16. The topological polar surface area (TPSA) is 113 Å². The molecule has 0 radical (unpaired) electrons. The first-order valence-corrected chi connectivity index (χ1v) is 7.55. The molecule has 2 aromatic carbocycles. The normalized spacial score (nSPS) is 10.1. The predicted octanol–water partition coefficient (Wildman–Crippen LogP) is 2.88. The van der Waals surface area contributed by atoms with E-state index in [1.165, 1.54) is 12.1 Å². The molecule has 0 aliphatic rings. The standard InChI is InChI=1S/C18H17NO6/c20-16(7-4-8-25-15-5-2-1-3-6-15)19-14-10-12(17(21)22)9-13(11-14)18(23)24/h1-3,5-6,9-11H,4,7-8H2,(H,19,20)(H,21,22)(H,23,24). The number of nitrogens with one attached hydrogen (secondary N) is 1. The number of hydrogen-bond acceptors (Lipinski definition) is 4. The first-order chi connectivity index (χ1) is 12.0. The van der Waals surface area contributed by atoms with Gasteiger partial charge in [-0.25, -0.2) is 9.59 Å². The fraction of sp³-hybridized carbons (Fsp3) is 0.167. The SMILES string of the molecule is O=C(CCCOc1ccccc1)Nc1cc(C(=O)O)cc(C(=O)O)c1. The molecule has 7 nitrogen and oxygen atoms in total. The molecule has 0 aliphatic carbocycles. The zero-order chi connectivity index (χ0) is 18.2. The van der Waals surface area contributed by atoms with Gasteiger partial charge in [-0.15, -0.1) is 0 Å². The lowest BCUT2D eigenvalue weighted by molar-refractivity contribution is -0.116. The molecule has 130 valence electrons. The van der Waals surface area contributed by atoms with Crippen LogP contribution in [0.15, 0.2) is 48.5 Å². The van der Waals surface area contributed by atoms with Crippen LogP contribution in [0.5, 0.6) is 5.75 Å². The van der Waals surface area contributed by atoms with Gasteiger partial charge < -0.3 is 20.3 Å². The van der Waals surface area contributed by atoms with Gasteiger partial charge in [0, 0.05) is 12.1 Å². The van der Waals surface area contributed by atoms with Gasteiger partial charge in [0.15, 0.2) is 0 Å². The van der Waals surface area contributed by atoms with Gasteiger partial charge in [0.1, 0.15) is 5.75 Å². The van der Waals surface area contributed by atoms with E-state index < -0.39 is 11.9 Å². The molecular formula is C18H17NO6. The zero-order valence-electron chi connectivity index (χ0n) is 13.3. The Morgan fingerprint density at radius 2 is 1.52 bits per heavy atom. The van der Waals surface area contributed by atoms with Gasteiger partial charge >= 0.3 is 11.9 Å². The van der Waals surface area contributed by atoms with Crippen molar-refractivity contribution in [1.29, 1.82) is 0 Å². The fourth-order valence-electron chi connectivity index (χ4n) is 2.11. The molecule has 0 aromatic heterocycles. The molecular weight excluding hydrogens is 326 g/mol. The summed E-state index contributed by atoms with van der Waals surface area (Å²) in [6, 6.07) is 12.6. The summed E-state index contributed by atoms with van der Waals surface area (Å²) in [6.07, 6.45) is 0.623. The maximum absolute atomic E-state index is 11.9. The second-order valence-corrected chi connectivity index (χ2v) is 5.22. The highest BCUT2D eigenvalue weighted by atomic mass is 16.5. The minimum Gasteiger partial charge on any atom is -0.494 e. The molecule has 0 unspecified atom stereocenters. The Balaban J connectivity index is 1.89. The van der Waals surface area contributed by atoms with E-state index in [4.69, 9.17) is 14.9 Å². The lowest BCUT2D eigenvalue weighted by atomic mass is 10.1. The molecule has 0 spiro atoms. The number of aromatic carboxylic acids is 2. The van der Waals surface area contributed by atoms with Crippen LogP contribution in [0.2, 0.25) is 0 Å². The largest absolute Gasteiger partial charge is 0.494 e. The summed E-state index contributed by atoms with van der Waals surface area (Å²) in [5.74, 6) is -2.18. The van der Waals surface area contributed by atoms with Crippen molar-refractivity contribution < 1.29 is 29.3 Å². The zero-order valence-corrected chi connectivity index (χ0v) is 13.3. The number of hydrogen-bond donors (Lipinski definition) is 3. The van der Waals surface area contributed by atoms with Gasteiger partial charge in [0.05, 0.1) is 17.7 Å². The van der Waals surface area contributed by atoms with Gasteiger partial charge in [-0.05, 0) is 36.8 Å². The first-order valence-electron chi connectivity index (χ1n) is 7.55. The van der Waals surface area contributed by atoms with Crippen LogP contribution in [0.3, 0.4) is 0 Å². The van der Waals surface area contributed by atoms with Gasteiger partial charge in [0.25, 0.3) is 0 Å². The minimum absolute atomic E-state index is 0.131. The number of benzene rings is 2. The summed E-state index contributed by atoms with van der Waals surface area (Å²) in [5.41, 5.74) is -0.281. The molecule has 3 N–H and O–H groups in total. The number of carboxylic acids is 2. The van der Waals surface area contributed by atoms with E-state index in [2.05, 4.69) is 5.32 Å². The van der Waals surface area contributed by atoms with Gasteiger partial charge in [-0.3, -0.25) is 4.79 Å². The van der Waals surface area contributed by atoms with E-state index in [0.29, 0.717) is 18.8 Å². The molecule has 0 aliphatic heterocycles. The van der Waals surface area contributed by atoms with E-state index in [1.807, 2.05) is 30.3 Å². The van der Waals surface area contributed by atoms with Crippen LogP contribution in [-0.2, 0) is 4.79 Å². The molecule has 0 saturated heterocycles. The summed E-state index contributed by atoms with van der Waals surface area (Å²) < 4.78 is 5.47. The third kappa shape index (κ3) is 5.65. The molecule has 0 heterocycles. The van der Waals surface area contributed by atoms with Crippen molar-refractivity contribution in [2.45, 2.75) is 12.8 Å². The summed E-state index contributed by atoms with van der Waals surface area (Å²) in [4.78, 5) is 34.0. The molecule has 7 heteroatoms. The number of anilines is 1. The second-order valence-electron chi connectivity index (χ2n) is 5.22. The van der Waals surface area contributed by atoms with Crippen LogP contribution in [-0.4, -0.2) is 34.7 Å². The van der Waals surface area contributed by atoms with E-state index in [-0.39, 0.29) is 29.1 Å². The molecule has 25 heavy (non-hydrogen) atoms. The Labute approximate surface area is 143 Å². The number of carboxylic acid groups (broad SMARTS) is 2. The molecule has 0 bridgehead atoms. The van der Waals surface area contributed by atoms with Gasteiger partial charge in [0.2, 0.25) is 5.91 Å². The van der Waals surface area contributed by atoms with Crippen molar-refractivity contribution in [2.75, 3.05) is 11.9 Å². The summed E-state index contributed by atoms with van der Waals surface area (Å²) in [7, 11) is 0. The first kappa shape index (κ1) is 18.0. The Morgan fingerprint density at radius 3 is 2.08 bits per heavy atom. The van der Waals surface area contributed by atoms with Crippen molar-refractivity contribution >= 4 is 23.5 Å². The number of ether oxygens (including phenoxy) is 1. The van der Waals surface area contributed by atoms with Gasteiger partial charge in [-0.1, -0.05) is 18.2 Å². The van der Waals surface area contributed by atoms with Crippen LogP contribution in [0, 0.1) is 0 Å². The molecule has 2 rings (SSSR count). The van der Waals surface area contributed by atoms with Crippen molar-refractivity contribution in [3.05, 3.63) is 59.7 Å². The smallest absolute Gasteiger partial charge is 0.335 e. The van der Waals surface area contributed by atoms with E-state index in [1.54, 1.807) is 0 Å². The number of para-hydroxylation sites is 1. The van der Waals surface area contributed by atoms with E-state index >= 15 is 0 Å². The quantitative estimate of drug-likeness (QED) is 0.635. The monoisotopic (exact) mass is 343 g/mol. The average molecular weight is 343 g/mol. The number of carbonyl (C=O) groups excluding carboxylic acids is 1. The number of carbonyl (C=O) groups is 3. The second kappa shape index (κ2) is 8.49. The minimum atomic E-state index is -1.27. The van der Waals surface area contributed by atoms with Crippen LogP contribution in [0.25, 0.3) is 0 Å². The van der Waals surface area contributed by atoms with Crippen molar-refractivity contribution in [3.63, 3.8) is 0 Å². The van der Waals surface area contributed by atoms with E-state index in [0.717, 1.165) is 6.07 Å². The summed E-state index contributed by atoms with van der Waals surface area (Å²) in [5, 5.41) is 20.5. The van der Waals surface area contributed by atoms with Crippen LogP contribution < -0.4 is 10.1 Å². The third-order valence-electron chi connectivity index (χ3n) is 3.27. The molecule has 0 fully saturated rings. The Hall–Kier alpha value is -3.35. The summed E-state index contributed by atoms with van der Waals surface area (Å²) >= 11 is 0. The average Bonchev–Trinajstić information content (AvgIpc) is 2.59. The van der Waals surface area contributed by atoms with Crippen molar-refractivity contribution in [2.24, 2.45) is 0 Å². The predicted molar refractivity (Wildman–Crippen MR) is 90.2 cm³/mol. The Kier molecular flexibility index (Phi) is 6.11. The van der Waals surface area contributed by atoms with Gasteiger partial charge in [-0.2, -0.15) is 0 Å². The highest BCUT2D eigenvalue weighted by molar-refractivity contribution is 5.98. The Morgan fingerprint density at radius 1 is 0.920 bits per heavy atom. The number of amides is 1. The molecule has 2 aromatic rings. The van der Waals surface area contributed by atoms with Crippen LogP contribution >= 0.6 is 0 Å². The fourth-order valence-corrected chi connectivity index (χ4v) is 2.11. The van der Waals surface area contributed by atoms with Crippen molar-refractivity contribution in [1.82, 2.24) is 0 Å². The highest BCUT2D eigenvalue weighted by Gasteiger charge is 2.12. The lowest BCUT2D eigenvalue weighted by Gasteiger charge is -2.08. The number of rotatable bonds is 8. The van der Waals surface area contributed by atoms with E-state index in [9.17, 15) is 14.4 Å².